The largest absolute Gasteiger partial charge is 0.299 e. The third-order valence-electron chi connectivity index (χ3n) is 8.31. The summed E-state index contributed by atoms with van der Waals surface area (Å²) in [6, 6.07) is 0. The average molecular weight is 314 g/mol. The Morgan fingerprint density at radius 3 is 2.39 bits per heavy atom. The molecule has 23 heavy (non-hydrogen) atoms. The van der Waals surface area contributed by atoms with Gasteiger partial charge in [-0.2, -0.15) is 0 Å². The first-order valence-corrected chi connectivity index (χ1v) is 9.71. The topological polar surface area (TPSA) is 34.1 Å². The normalized spacial score (nSPS) is 46.5. The number of rotatable bonds is 1. The summed E-state index contributed by atoms with van der Waals surface area (Å²) in [4.78, 5) is 24.8. The molecule has 0 aromatic heterocycles. The van der Waals surface area contributed by atoms with E-state index in [9.17, 15) is 9.59 Å². The van der Waals surface area contributed by atoms with Crippen molar-refractivity contribution in [2.24, 2.45) is 28.6 Å². The van der Waals surface area contributed by atoms with Gasteiger partial charge in [0.05, 0.1) is 0 Å². The molecule has 0 aliphatic heterocycles. The van der Waals surface area contributed by atoms with Crippen LogP contribution in [0.4, 0.5) is 0 Å². The first kappa shape index (κ1) is 15.6. The van der Waals surface area contributed by atoms with E-state index in [1.54, 1.807) is 0 Å². The van der Waals surface area contributed by atoms with Crippen LogP contribution in [-0.2, 0) is 9.59 Å². The van der Waals surface area contributed by atoms with Gasteiger partial charge in [0.2, 0.25) is 0 Å². The summed E-state index contributed by atoms with van der Waals surface area (Å²) in [5, 5.41) is 0. The molecular weight excluding hydrogens is 284 g/mol. The standard InChI is InChI=1S/C21H30O2/c1-4-13-15-6-5-14-16-7-8-19(23)21(16,3)11-9-17(14)20(15,2)12-10-18(13)22/h14,16-17H,4-12H2,1-3H3/t14-,16-,17-,20-,21-/m0/s1. The predicted molar refractivity (Wildman–Crippen MR) is 91.0 cm³/mol. The molecule has 0 aromatic rings. The van der Waals surface area contributed by atoms with Crippen LogP contribution in [0.5, 0.6) is 0 Å². The Morgan fingerprint density at radius 1 is 0.913 bits per heavy atom. The van der Waals surface area contributed by atoms with Gasteiger partial charge in [-0.1, -0.05) is 26.3 Å². The molecule has 5 atom stereocenters. The van der Waals surface area contributed by atoms with Gasteiger partial charge in [-0.3, -0.25) is 9.59 Å². The Labute approximate surface area is 140 Å². The fourth-order valence-electron chi connectivity index (χ4n) is 7.01. The lowest BCUT2D eigenvalue weighted by molar-refractivity contribution is -0.132. The lowest BCUT2D eigenvalue weighted by Crippen LogP contribution is -2.51. The van der Waals surface area contributed by atoms with Crippen LogP contribution >= 0.6 is 0 Å². The van der Waals surface area contributed by atoms with Crippen molar-refractivity contribution < 1.29 is 9.59 Å². The van der Waals surface area contributed by atoms with E-state index in [1.165, 1.54) is 18.4 Å². The third kappa shape index (κ3) is 1.93. The maximum Gasteiger partial charge on any atom is 0.158 e. The summed E-state index contributed by atoms with van der Waals surface area (Å²) >= 11 is 0. The smallest absolute Gasteiger partial charge is 0.158 e. The average Bonchev–Trinajstić information content (AvgIpc) is 2.83. The SMILES string of the molecule is CCC1=C2CC[C@@H]3[C@H](CC[C@]4(C)C(=O)CC[C@@H]34)[C@@]2(C)CCC1=O. The van der Waals surface area contributed by atoms with Crippen LogP contribution in [0.1, 0.15) is 78.6 Å². The summed E-state index contributed by atoms with van der Waals surface area (Å²) in [5.41, 5.74) is 2.87. The van der Waals surface area contributed by atoms with Gasteiger partial charge < -0.3 is 0 Å². The second kappa shape index (κ2) is 5.04. The van der Waals surface area contributed by atoms with Crippen molar-refractivity contribution >= 4 is 11.6 Å². The number of carbonyl (C=O) groups excluding carboxylic acids is 2. The van der Waals surface area contributed by atoms with E-state index in [0.29, 0.717) is 29.3 Å². The summed E-state index contributed by atoms with van der Waals surface area (Å²) in [6.07, 6.45) is 9.20. The highest BCUT2D eigenvalue weighted by molar-refractivity contribution is 5.97. The van der Waals surface area contributed by atoms with Crippen molar-refractivity contribution in [3.05, 3.63) is 11.1 Å². The summed E-state index contributed by atoms with van der Waals surface area (Å²) < 4.78 is 0. The van der Waals surface area contributed by atoms with Crippen molar-refractivity contribution in [1.29, 1.82) is 0 Å². The summed E-state index contributed by atoms with van der Waals surface area (Å²) in [6.45, 7) is 6.84. The minimum atomic E-state index is -0.0309. The van der Waals surface area contributed by atoms with E-state index >= 15 is 0 Å². The number of carbonyl (C=O) groups is 2. The minimum Gasteiger partial charge on any atom is -0.299 e. The molecule has 0 spiro atoms. The first-order valence-electron chi connectivity index (χ1n) is 9.71. The Morgan fingerprint density at radius 2 is 1.65 bits per heavy atom. The molecule has 0 saturated heterocycles. The Bertz CT molecular complexity index is 601. The molecule has 0 bridgehead atoms. The molecule has 3 saturated carbocycles. The molecule has 0 radical (unpaired) electrons. The van der Waals surface area contributed by atoms with E-state index in [2.05, 4.69) is 20.8 Å². The fourth-order valence-corrected chi connectivity index (χ4v) is 7.01. The third-order valence-corrected chi connectivity index (χ3v) is 8.31. The lowest BCUT2D eigenvalue weighted by atomic mass is 9.47. The summed E-state index contributed by atoms with van der Waals surface area (Å²) in [7, 11) is 0. The zero-order chi connectivity index (χ0) is 16.4. The van der Waals surface area contributed by atoms with E-state index in [0.717, 1.165) is 50.5 Å². The van der Waals surface area contributed by atoms with Gasteiger partial charge in [0, 0.05) is 18.3 Å². The number of ketones is 2. The molecule has 0 heterocycles. The molecule has 0 aromatic carbocycles. The Kier molecular flexibility index (Phi) is 3.42. The fraction of sp³-hybridized carbons (Fsp3) is 0.810. The van der Waals surface area contributed by atoms with Gasteiger partial charge in [0.1, 0.15) is 5.78 Å². The molecule has 126 valence electrons. The number of fused-ring (bicyclic) bond motifs is 5. The maximum absolute atomic E-state index is 12.5. The van der Waals surface area contributed by atoms with Crippen molar-refractivity contribution in [1.82, 2.24) is 0 Å². The molecule has 4 aliphatic rings. The highest BCUT2D eigenvalue weighted by Crippen LogP contribution is 2.65. The molecule has 3 fully saturated rings. The van der Waals surface area contributed by atoms with E-state index in [1.807, 2.05) is 0 Å². The second-order valence-corrected chi connectivity index (χ2v) is 8.98. The van der Waals surface area contributed by atoms with Crippen LogP contribution in [-0.4, -0.2) is 11.6 Å². The van der Waals surface area contributed by atoms with Crippen LogP contribution in [0.15, 0.2) is 11.1 Å². The molecule has 4 aliphatic carbocycles. The highest BCUT2D eigenvalue weighted by Gasteiger charge is 2.59. The molecule has 2 nitrogen and oxygen atoms in total. The van der Waals surface area contributed by atoms with Crippen LogP contribution in [0.2, 0.25) is 0 Å². The zero-order valence-electron chi connectivity index (χ0n) is 14.9. The van der Waals surface area contributed by atoms with Crippen molar-refractivity contribution in [3.63, 3.8) is 0 Å². The molecule has 4 rings (SSSR count). The van der Waals surface area contributed by atoms with Gasteiger partial charge in [-0.05, 0) is 73.7 Å². The number of allylic oxidation sites excluding steroid dienone is 1. The molecule has 2 heteroatoms. The number of hydrogen-bond donors (Lipinski definition) is 0. The van der Waals surface area contributed by atoms with Gasteiger partial charge in [0.15, 0.2) is 5.78 Å². The van der Waals surface area contributed by atoms with Crippen LogP contribution in [0.25, 0.3) is 0 Å². The number of Topliss-reactive ketones (excluding diaryl/α,β-unsaturated/α-hetero) is 2. The van der Waals surface area contributed by atoms with Crippen LogP contribution in [0.3, 0.4) is 0 Å². The van der Waals surface area contributed by atoms with E-state index < -0.39 is 0 Å². The Balaban J connectivity index is 1.73. The van der Waals surface area contributed by atoms with Crippen LogP contribution < -0.4 is 0 Å². The number of hydrogen-bond acceptors (Lipinski definition) is 2. The quantitative estimate of drug-likeness (QED) is 0.692. The molecule has 0 N–H and O–H groups in total. The highest BCUT2D eigenvalue weighted by atomic mass is 16.1. The van der Waals surface area contributed by atoms with Crippen LogP contribution in [0, 0.1) is 28.6 Å². The molecule has 0 amide bonds. The molecule has 0 unspecified atom stereocenters. The van der Waals surface area contributed by atoms with Gasteiger partial charge in [-0.15, -0.1) is 0 Å². The van der Waals surface area contributed by atoms with Gasteiger partial charge >= 0.3 is 0 Å². The zero-order valence-corrected chi connectivity index (χ0v) is 14.9. The maximum atomic E-state index is 12.5. The lowest BCUT2D eigenvalue weighted by Gasteiger charge is -2.57. The minimum absolute atomic E-state index is 0.0309. The molecular formula is C21H30O2. The first-order chi connectivity index (χ1) is 10.9. The monoisotopic (exact) mass is 314 g/mol. The van der Waals surface area contributed by atoms with E-state index in [-0.39, 0.29) is 10.8 Å². The van der Waals surface area contributed by atoms with Gasteiger partial charge in [-0.25, -0.2) is 0 Å². The van der Waals surface area contributed by atoms with Crippen molar-refractivity contribution in [3.8, 4) is 0 Å². The second-order valence-electron chi connectivity index (χ2n) is 8.98. The van der Waals surface area contributed by atoms with Crippen molar-refractivity contribution in [2.75, 3.05) is 0 Å². The summed E-state index contributed by atoms with van der Waals surface area (Å²) in [5.74, 6) is 2.95. The Hall–Kier alpha value is -0.920. The van der Waals surface area contributed by atoms with Crippen molar-refractivity contribution in [2.45, 2.75) is 78.6 Å². The van der Waals surface area contributed by atoms with E-state index in [4.69, 9.17) is 0 Å². The predicted octanol–water partition coefficient (Wildman–Crippen LogP) is 4.87. The van der Waals surface area contributed by atoms with Gasteiger partial charge in [0.25, 0.3) is 0 Å².